The summed E-state index contributed by atoms with van der Waals surface area (Å²) in [6.07, 6.45) is 2.14. The van der Waals surface area contributed by atoms with E-state index >= 15 is 0 Å². The van der Waals surface area contributed by atoms with E-state index in [1.807, 2.05) is 40.9 Å². The minimum atomic E-state index is -0.700. The largest absolute Gasteiger partial charge is 0.368 e. The van der Waals surface area contributed by atoms with Crippen LogP contribution in [0.5, 0.6) is 0 Å². The van der Waals surface area contributed by atoms with Crippen LogP contribution in [0.25, 0.3) is 0 Å². The number of anilines is 1. The number of hydrogen-bond acceptors (Lipinski definition) is 5. The summed E-state index contributed by atoms with van der Waals surface area (Å²) in [6, 6.07) is 10.3. The number of hydrogen-bond donors (Lipinski definition) is 1. The lowest BCUT2D eigenvalue weighted by molar-refractivity contribution is 0.0435. The van der Waals surface area contributed by atoms with E-state index in [0.29, 0.717) is 13.1 Å². The molecule has 2 aliphatic rings. The summed E-state index contributed by atoms with van der Waals surface area (Å²) in [7, 11) is 0. The molecule has 0 fully saturated rings. The highest BCUT2D eigenvalue weighted by Gasteiger charge is 2.38. The second-order valence-corrected chi connectivity index (χ2v) is 5.91. The molecule has 0 spiro atoms. The zero-order valence-electron chi connectivity index (χ0n) is 13.3. The first-order valence-corrected chi connectivity index (χ1v) is 8.15. The van der Waals surface area contributed by atoms with Gasteiger partial charge in [-0.25, -0.2) is 4.98 Å². The smallest absolute Gasteiger partial charge is 0.204 e. The molecule has 120 valence electrons. The van der Waals surface area contributed by atoms with Crippen molar-refractivity contribution >= 4 is 11.8 Å². The lowest BCUT2D eigenvalue weighted by Crippen LogP contribution is -2.53. The molecule has 0 saturated carbocycles. The number of aliphatic imine (C=N–C) groups is 1. The van der Waals surface area contributed by atoms with Gasteiger partial charge < -0.3 is 14.6 Å². The van der Waals surface area contributed by atoms with Gasteiger partial charge in [0.15, 0.2) is 12.0 Å². The third-order valence-corrected chi connectivity index (χ3v) is 4.48. The maximum atomic E-state index is 10.9. The fraction of sp³-hybridized carbons (Fsp3) is 0.412. The number of benzene rings is 1. The number of fused-ring (bicyclic) bond motifs is 3. The normalized spacial score (nSPS) is 20.1. The van der Waals surface area contributed by atoms with Crippen molar-refractivity contribution in [3.8, 4) is 0 Å². The SMILES string of the molecule is CCN1C2=NCCCN2c2ncn(Cc3ccccc3)c2[C@@H]1O. The van der Waals surface area contributed by atoms with E-state index in [1.165, 1.54) is 5.56 Å². The molecule has 0 unspecified atom stereocenters. The Labute approximate surface area is 135 Å². The maximum Gasteiger partial charge on any atom is 0.204 e. The summed E-state index contributed by atoms with van der Waals surface area (Å²) < 4.78 is 2.05. The molecular formula is C17H21N5O. The average Bonchev–Trinajstić information content (AvgIpc) is 3.01. The minimum Gasteiger partial charge on any atom is -0.368 e. The molecule has 23 heavy (non-hydrogen) atoms. The standard InChI is InChI=1S/C17H21N5O/c1-2-21-16(23)14-15(22-10-6-9-18-17(21)22)19-12-20(14)11-13-7-4-3-5-8-13/h3-5,7-8,12,16,23H,2,6,9-11H2,1H3/t16-/m0/s1. The van der Waals surface area contributed by atoms with Gasteiger partial charge in [0.05, 0.1) is 6.33 Å². The number of guanidine groups is 1. The Kier molecular flexibility index (Phi) is 3.53. The van der Waals surface area contributed by atoms with Crippen molar-refractivity contribution in [2.75, 3.05) is 24.5 Å². The van der Waals surface area contributed by atoms with Gasteiger partial charge in [0.2, 0.25) is 5.96 Å². The molecule has 0 saturated heterocycles. The summed E-state index contributed by atoms with van der Waals surface area (Å²) in [5, 5.41) is 10.9. The second-order valence-electron chi connectivity index (χ2n) is 5.91. The van der Waals surface area contributed by atoms with Gasteiger partial charge in [0.1, 0.15) is 5.69 Å². The molecule has 0 aliphatic carbocycles. The van der Waals surface area contributed by atoms with Crippen molar-refractivity contribution in [1.29, 1.82) is 0 Å². The van der Waals surface area contributed by atoms with Crippen LogP contribution in [-0.4, -0.2) is 45.2 Å². The molecule has 6 heteroatoms. The van der Waals surface area contributed by atoms with Crippen LogP contribution in [0.4, 0.5) is 5.82 Å². The fourth-order valence-electron chi connectivity index (χ4n) is 3.37. The van der Waals surface area contributed by atoms with Crippen molar-refractivity contribution in [1.82, 2.24) is 14.5 Å². The highest BCUT2D eigenvalue weighted by molar-refractivity contribution is 5.98. The van der Waals surface area contributed by atoms with E-state index in [-0.39, 0.29) is 0 Å². The van der Waals surface area contributed by atoms with Crippen molar-refractivity contribution in [3.63, 3.8) is 0 Å². The van der Waals surface area contributed by atoms with Crippen molar-refractivity contribution in [2.24, 2.45) is 4.99 Å². The number of rotatable bonds is 3. The number of imidazole rings is 1. The molecule has 1 atom stereocenters. The minimum absolute atomic E-state index is 0.700. The van der Waals surface area contributed by atoms with E-state index < -0.39 is 6.23 Å². The maximum absolute atomic E-state index is 10.9. The Hall–Kier alpha value is -2.34. The Morgan fingerprint density at radius 1 is 1.26 bits per heavy atom. The molecule has 1 N–H and O–H groups in total. The first kappa shape index (κ1) is 14.3. The quantitative estimate of drug-likeness (QED) is 0.939. The van der Waals surface area contributed by atoms with Crippen LogP contribution in [-0.2, 0) is 6.54 Å². The van der Waals surface area contributed by atoms with E-state index in [4.69, 9.17) is 0 Å². The molecule has 0 bridgehead atoms. The molecule has 1 aromatic carbocycles. The van der Waals surface area contributed by atoms with Crippen LogP contribution in [0.15, 0.2) is 41.7 Å². The summed E-state index contributed by atoms with van der Waals surface area (Å²) in [5.74, 6) is 1.69. The van der Waals surface area contributed by atoms with Crippen LogP contribution >= 0.6 is 0 Å². The third-order valence-electron chi connectivity index (χ3n) is 4.48. The Bertz CT molecular complexity index is 724. The summed E-state index contributed by atoms with van der Waals surface area (Å²) in [4.78, 5) is 13.3. The molecule has 2 aliphatic heterocycles. The van der Waals surface area contributed by atoms with Gasteiger partial charge >= 0.3 is 0 Å². The monoisotopic (exact) mass is 311 g/mol. The van der Waals surface area contributed by atoms with Gasteiger partial charge in [0.25, 0.3) is 0 Å². The van der Waals surface area contributed by atoms with Crippen LogP contribution in [0, 0.1) is 0 Å². The van der Waals surface area contributed by atoms with E-state index in [1.54, 1.807) is 0 Å². The predicted molar refractivity (Wildman–Crippen MR) is 89.4 cm³/mol. The van der Waals surface area contributed by atoms with Gasteiger partial charge in [-0.05, 0) is 18.9 Å². The van der Waals surface area contributed by atoms with E-state index in [9.17, 15) is 5.11 Å². The second kappa shape index (κ2) is 5.70. The van der Waals surface area contributed by atoms with E-state index in [0.717, 1.165) is 37.0 Å². The van der Waals surface area contributed by atoms with Crippen LogP contribution < -0.4 is 4.90 Å². The topological polar surface area (TPSA) is 56.9 Å². The highest BCUT2D eigenvalue weighted by atomic mass is 16.3. The van der Waals surface area contributed by atoms with Crippen molar-refractivity contribution in [2.45, 2.75) is 26.1 Å². The van der Waals surface area contributed by atoms with Crippen molar-refractivity contribution in [3.05, 3.63) is 47.9 Å². The van der Waals surface area contributed by atoms with Gasteiger partial charge in [-0.3, -0.25) is 9.89 Å². The molecule has 2 aromatic rings. The number of nitrogens with zero attached hydrogens (tertiary/aromatic N) is 5. The zero-order chi connectivity index (χ0) is 15.8. The Morgan fingerprint density at radius 2 is 2.09 bits per heavy atom. The van der Waals surface area contributed by atoms with Crippen LogP contribution in [0.2, 0.25) is 0 Å². The molecule has 0 amide bonds. The first-order chi connectivity index (χ1) is 11.3. The average molecular weight is 311 g/mol. The highest BCUT2D eigenvalue weighted by Crippen LogP contribution is 2.35. The van der Waals surface area contributed by atoms with Gasteiger partial charge in [-0.1, -0.05) is 30.3 Å². The molecule has 0 radical (unpaired) electrons. The Morgan fingerprint density at radius 3 is 2.87 bits per heavy atom. The third kappa shape index (κ3) is 2.30. The summed E-state index contributed by atoms with van der Waals surface area (Å²) >= 11 is 0. The fourth-order valence-corrected chi connectivity index (χ4v) is 3.37. The van der Waals surface area contributed by atoms with E-state index in [2.05, 4.69) is 27.0 Å². The van der Waals surface area contributed by atoms with Crippen LogP contribution in [0.1, 0.15) is 30.8 Å². The number of aromatic nitrogens is 2. The molecule has 1 aromatic heterocycles. The van der Waals surface area contributed by atoms with Crippen LogP contribution in [0.3, 0.4) is 0 Å². The number of aliphatic hydroxyl groups excluding tert-OH is 1. The molecule has 3 heterocycles. The molecular weight excluding hydrogens is 290 g/mol. The van der Waals surface area contributed by atoms with Crippen molar-refractivity contribution < 1.29 is 5.11 Å². The molecule has 6 nitrogen and oxygen atoms in total. The zero-order valence-corrected chi connectivity index (χ0v) is 13.3. The molecule has 4 rings (SSSR count). The number of aliphatic hydroxyl groups is 1. The lowest BCUT2D eigenvalue weighted by Gasteiger charge is -2.42. The first-order valence-electron chi connectivity index (χ1n) is 8.15. The van der Waals surface area contributed by atoms with Gasteiger partial charge in [-0.2, -0.15) is 0 Å². The summed E-state index contributed by atoms with van der Waals surface area (Å²) in [6.45, 7) is 5.18. The predicted octanol–water partition coefficient (Wildman–Crippen LogP) is 1.82. The van der Waals surface area contributed by atoms with Gasteiger partial charge in [-0.15, -0.1) is 0 Å². The Balaban J connectivity index is 1.76. The van der Waals surface area contributed by atoms with Gasteiger partial charge in [0, 0.05) is 26.2 Å². The summed E-state index contributed by atoms with van der Waals surface area (Å²) in [5.41, 5.74) is 2.05. The lowest BCUT2D eigenvalue weighted by atomic mass is 10.2.